The second-order valence-corrected chi connectivity index (χ2v) is 17.6. The molecule has 0 saturated carbocycles. The van der Waals surface area contributed by atoms with E-state index in [2.05, 4.69) is 239 Å². The predicted octanol–water partition coefficient (Wildman–Crippen LogP) is 16.0. The fourth-order valence-electron chi connectivity index (χ4n) is 10.1. The maximum absolute atomic E-state index is 3.76. The molecule has 0 amide bonds. The van der Waals surface area contributed by atoms with Crippen LogP contribution in [0.15, 0.2) is 205 Å². The minimum atomic E-state index is -0.0323. The Morgan fingerprint density at radius 2 is 0.900 bits per heavy atom. The van der Waals surface area contributed by atoms with Crippen molar-refractivity contribution >= 4 is 59.5 Å². The monoisotopic (exact) mass is 830 g/mol. The van der Waals surface area contributed by atoms with E-state index >= 15 is 0 Å². The predicted molar refractivity (Wildman–Crippen MR) is 257 cm³/mol. The molecule has 2 heterocycles. The first-order valence-corrected chi connectivity index (χ1v) is 21.5. The van der Waals surface area contributed by atoms with Gasteiger partial charge in [0.05, 0.1) is 22.1 Å². The van der Waals surface area contributed by atoms with Gasteiger partial charge in [0.15, 0.2) is 0 Å². The molecule has 0 saturated heterocycles. The zero-order valence-electron chi connectivity index (χ0n) is 33.3. The Morgan fingerprint density at radius 1 is 0.333 bits per heavy atom. The number of benzene rings is 9. The zero-order valence-corrected chi connectivity index (χ0v) is 34.9. The largest absolute Gasteiger partial charge is 0.309 e. The first kappa shape index (κ1) is 35.0. The molecule has 0 bridgehead atoms. The van der Waals surface area contributed by atoms with Crippen molar-refractivity contribution < 1.29 is 0 Å². The van der Waals surface area contributed by atoms with Crippen molar-refractivity contribution in [2.75, 3.05) is 0 Å². The molecule has 12 rings (SSSR count). The van der Waals surface area contributed by atoms with E-state index in [1.165, 1.54) is 105 Å². The quantitative estimate of drug-likeness (QED) is 0.164. The molecule has 0 atom stereocenters. The number of halogens is 1. The van der Waals surface area contributed by atoms with Crippen molar-refractivity contribution in [3.63, 3.8) is 0 Å². The van der Waals surface area contributed by atoms with Crippen LogP contribution >= 0.6 is 15.9 Å². The molecule has 3 heteroatoms. The number of para-hydroxylation sites is 3. The molecule has 0 spiro atoms. The number of hydrogen-bond acceptors (Lipinski definition) is 0. The van der Waals surface area contributed by atoms with E-state index in [4.69, 9.17) is 0 Å². The second-order valence-electron chi connectivity index (χ2n) is 16.7. The summed E-state index contributed by atoms with van der Waals surface area (Å²) in [5.74, 6) is 0. The van der Waals surface area contributed by atoms with Crippen molar-refractivity contribution in [1.82, 2.24) is 9.13 Å². The number of rotatable bonds is 5. The SMILES string of the molecule is CC1(C)c2ccccc2-c2cc(-n3c4ccccc4c4cc(-c5cc(-c6cccc(Br)c6)cc(-c6ccc7c8ccccc8n(-c8ccccc8)c7c6)c5)ccc43)ccc21. The molecule has 1 aliphatic carbocycles. The van der Waals surface area contributed by atoms with Crippen LogP contribution in [0, 0.1) is 0 Å². The summed E-state index contributed by atoms with van der Waals surface area (Å²) in [6, 6.07) is 74.0. The number of hydrogen-bond donors (Lipinski definition) is 0. The minimum Gasteiger partial charge on any atom is -0.309 e. The first-order chi connectivity index (χ1) is 29.4. The lowest BCUT2D eigenvalue weighted by atomic mass is 9.82. The first-order valence-electron chi connectivity index (χ1n) is 20.7. The van der Waals surface area contributed by atoms with Crippen LogP contribution in [0.1, 0.15) is 25.0 Å². The smallest absolute Gasteiger partial charge is 0.0547 e. The Kier molecular flexibility index (Phi) is 7.76. The fraction of sp³-hybridized carbons (Fsp3) is 0.0526. The number of nitrogens with zero attached hydrogens (tertiary/aromatic N) is 2. The molecule has 60 heavy (non-hydrogen) atoms. The van der Waals surface area contributed by atoms with Crippen LogP contribution in [-0.4, -0.2) is 9.13 Å². The average molecular weight is 832 g/mol. The molecule has 0 radical (unpaired) electrons. The van der Waals surface area contributed by atoms with E-state index in [9.17, 15) is 0 Å². The summed E-state index contributed by atoms with van der Waals surface area (Å²) in [5, 5.41) is 5.00. The van der Waals surface area contributed by atoms with E-state index in [0.717, 1.165) is 10.2 Å². The Morgan fingerprint density at radius 3 is 1.65 bits per heavy atom. The highest BCUT2D eigenvalue weighted by atomic mass is 79.9. The van der Waals surface area contributed by atoms with Crippen LogP contribution in [0.25, 0.3) is 99.5 Å². The van der Waals surface area contributed by atoms with Gasteiger partial charge in [0.1, 0.15) is 0 Å². The van der Waals surface area contributed by atoms with Crippen molar-refractivity contribution in [1.29, 1.82) is 0 Å². The molecule has 0 unspecified atom stereocenters. The molecule has 1 aliphatic rings. The highest BCUT2D eigenvalue weighted by Crippen LogP contribution is 2.49. The molecule has 11 aromatic rings. The third-order valence-electron chi connectivity index (χ3n) is 12.9. The lowest BCUT2D eigenvalue weighted by Gasteiger charge is -2.21. The van der Waals surface area contributed by atoms with Crippen molar-refractivity contribution in [2.45, 2.75) is 19.3 Å². The maximum Gasteiger partial charge on any atom is 0.0547 e. The van der Waals surface area contributed by atoms with Gasteiger partial charge in [0, 0.05) is 42.8 Å². The van der Waals surface area contributed by atoms with Crippen LogP contribution in [-0.2, 0) is 5.41 Å². The minimum absolute atomic E-state index is 0.0323. The Labute approximate surface area is 357 Å². The standard InChI is InChI=1S/C57H39BrN2/c1-57(2)51-20-9-6-17-45(51)49-35-44(25-27-52(49)57)60-54-22-11-8-19-47(54)50-33-37(24-28-55(50)60)40-29-39(36-13-12-14-42(58)32-36)30-41(31-40)38-23-26-48-46-18-7-10-21-53(46)59(56(48)34-38)43-15-4-3-5-16-43/h3-35H,1-2H3. The van der Waals surface area contributed by atoms with Crippen molar-refractivity contribution in [3.8, 4) is 55.9 Å². The molecule has 0 aliphatic heterocycles. The summed E-state index contributed by atoms with van der Waals surface area (Å²) in [4.78, 5) is 0. The number of aromatic nitrogens is 2. The van der Waals surface area contributed by atoms with Crippen LogP contribution in [0.4, 0.5) is 0 Å². The molecule has 0 fully saturated rings. The van der Waals surface area contributed by atoms with Gasteiger partial charge < -0.3 is 9.13 Å². The van der Waals surface area contributed by atoms with Gasteiger partial charge in [-0.15, -0.1) is 0 Å². The summed E-state index contributed by atoms with van der Waals surface area (Å²) in [5.41, 5.74) is 19.6. The Bertz CT molecular complexity index is 3530. The summed E-state index contributed by atoms with van der Waals surface area (Å²) in [7, 11) is 0. The second kappa shape index (κ2) is 13.3. The highest BCUT2D eigenvalue weighted by Gasteiger charge is 2.35. The van der Waals surface area contributed by atoms with Gasteiger partial charge in [0.25, 0.3) is 0 Å². The molecule has 2 nitrogen and oxygen atoms in total. The van der Waals surface area contributed by atoms with Gasteiger partial charge in [-0.05, 0) is 141 Å². The molecule has 9 aromatic carbocycles. The summed E-state index contributed by atoms with van der Waals surface area (Å²) in [6.07, 6.45) is 0. The van der Waals surface area contributed by atoms with Crippen LogP contribution < -0.4 is 0 Å². The molecule has 2 aromatic heterocycles. The van der Waals surface area contributed by atoms with Gasteiger partial charge in [-0.1, -0.05) is 145 Å². The van der Waals surface area contributed by atoms with Gasteiger partial charge in [0.2, 0.25) is 0 Å². The van der Waals surface area contributed by atoms with Gasteiger partial charge in [-0.25, -0.2) is 0 Å². The molecular weight excluding hydrogens is 793 g/mol. The van der Waals surface area contributed by atoms with E-state index in [1.54, 1.807) is 0 Å². The van der Waals surface area contributed by atoms with Gasteiger partial charge >= 0.3 is 0 Å². The van der Waals surface area contributed by atoms with Gasteiger partial charge in [-0.3, -0.25) is 0 Å². The lowest BCUT2D eigenvalue weighted by Crippen LogP contribution is -2.14. The zero-order chi connectivity index (χ0) is 40.1. The lowest BCUT2D eigenvalue weighted by molar-refractivity contribution is 0.660. The Balaban J connectivity index is 1.05. The third kappa shape index (κ3) is 5.32. The van der Waals surface area contributed by atoms with E-state index in [1.807, 2.05) is 0 Å². The average Bonchev–Trinajstić information content (AvgIpc) is 3.89. The topological polar surface area (TPSA) is 9.86 Å². The number of fused-ring (bicyclic) bond motifs is 9. The third-order valence-corrected chi connectivity index (χ3v) is 13.4. The summed E-state index contributed by atoms with van der Waals surface area (Å²) >= 11 is 3.76. The fourth-order valence-corrected chi connectivity index (χ4v) is 10.5. The van der Waals surface area contributed by atoms with Gasteiger partial charge in [-0.2, -0.15) is 0 Å². The molecule has 0 N–H and O–H groups in total. The van der Waals surface area contributed by atoms with Crippen molar-refractivity contribution in [2.24, 2.45) is 0 Å². The summed E-state index contributed by atoms with van der Waals surface area (Å²) < 4.78 is 5.92. The molecular formula is C57H39BrN2. The Hall–Kier alpha value is -6.94. The highest BCUT2D eigenvalue weighted by molar-refractivity contribution is 9.10. The van der Waals surface area contributed by atoms with E-state index < -0.39 is 0 Å². The van der Waals surface area contributed by atoms with E-state index in [-0.39, 0.29) is 5.41 Å². The van der Waals surface area contributed by atoms with Crippen LogP contribution in [0.5, 0.6) is 0 Å². The molecule has 284 valence electrons. The van der Waals surface area contributed by atoms with Crippen molar-refractivity contribution in [3.05, 3.63) is 216 Å². The van der Waals surface area contributed by atoms with Crippen LogP contribution in [0.3, 0.4) is 0 Å². The normalized spacial score (nSPS) is 13.1. The maximum atomic E-state index is 3.76. The summed E-state index contributed by atoms with van der Waals surface area (Å²) in [6.45, 7) is 4.69. The van der Waals surface area contributed by atoms with E-state index in [0.29, 0.717) is 0 Å². The van der Waals surface area contributed by atoms with Crippen LogP contribution in [0.2, 0.25) is 0 Å².